The summed E-state index contributed by atoms with van der Waals surface area (Å²) in [6.07, 6.45) is 2.49. The van der Waals surface area contributed by atoms with E-state index in [0.717, 1.165) is 60.6 Å². The lowest BCUT2D eigenvalue weighted by molar-refractivity contribution is 0.100. The van der Waals surface area contributed by atoms with Crippen molar-refractivity contribution in [2.45, 2.75) is 32.7 Å². The van der Waals surface area contributed by atoms with Crippen molar-refractivity contribution in [1.29, 1.82) is 0 Å². The highest BCUT2D eigenvalue weighted by Crippen LogP contribution is 2.38. The van der Waals surface area contributed by atoms with Gasteiger partial charge in [-0.1, -0.05) is 35.3 Å². The minimum absolute atomic E-state index is 0.0239. The Morgan fingerprint density at radius 3 is 2.76 bits per heavy atom. The van der Waals surface area contributed by atoms with Crippen LogP contribution in [0.5, 0.6) is 0 Å². The molecule has 0 amide bonds. The maximum atomic E-state index is 9.27. The molecular weight excluding hydrogens is 471 g/mol. The lowest BCUT2D eigenvalue weighted by atomic mass is 9.81. The maximum absolute atomic E-state index is 9.27. The van der Waals surface area contributed by atoms with Gasteiger partial charge in [0.05, 0.1) is 18.3 Å². The molecule has 5 rings (SSSR count). The van der Waals surface area contributed by atoms with E-state index in [1.165, 1.54) is 12.8 Å². The van der Waals surface area contributed by atoms with Crippen LogP contribution in [0.25, 0.3) is 11.1 Å². The monoisotopic (exact) mass is 502 g/mol. The van der Waals surface area contributed by atoms with Gasteiger partial charge >= 0.3 is 0 Å². The second-order valence-corrected chi connectivity index (χ2v) is 10.6. The highest BCUT2D eigenvalue weighted by Gasteiger charge is 2.37. The molecule has 2 aromatic carbocycles. The first-order valence-electron chi connectivity index (χ1n) is 12.1. The zero-order valence-corrected chi connectivity index (χ0v) is 21.2. The second kappa shape index (κ2) is 9.94. The predicted octanol–water partition coefficient (Wildman–Crippen LogP) is 5.76. The van der Waals surface area contributed by atoms with Crippen LogP contribution in [0.4, 0.5) is 11.7 Å². The Hall–Kier alpha value is -1.99. The Labute approximate surface area is 210 Å². The number of likely N-dealkylation sites (tertiary alicyclic amines) is 1. The lowest BCUT2D eigenvalue weighted by Gasteiger charge is -2.45. The van der Waals surface area contributed by atoms with Gasteiger partial charge in [0.25, 0.3) is 6.01 Å². The number of nitrogens with one attached hydrogen (secondary N) is 1. The van der Waals surface area contributed by atoms with Gasteiger partial charge in [0.15, 0.2) is 5.58 Å². The molecule has 0 radical (unpaired) electrons. The summed E-state index contributed by atoms with van der Waals surface area (Å²) in [7, 11) is 0. The van der Waals surface area contributed by atoms with Crippen LogP contribution in [0, 0.1) is 18.8 Å². The van der Waals surface area contributed by atoms with Crippen LogP contribution in [0.3, 0.4) is 0 Å². The van der Waals surface area contributed by atoms with Crippen molar-refractivity contribution < 1.29 is 9.52 Å². The molecule has 1 aromatic heterocycles. The first-order valence-corrected chi connectivity index (χ1v) is 12.9. The van der Waals surface area contributed by atoms with Crippen LogP contribution in [0.1, 0.15) is 36.9 Å². The number of aryl methyl sites for hydroxylation is 1. The van der Waals surface area contributed by atoms with E-state index in [2.05, 4.69) is 35.0 Å². The maximum Gasteiger partial charge on any atom is 0.298 e. The van der Waals surface area contributed by atoms with Gasteiger partial charge in [-0.3, -0.25) is 0 Å². The third kappa shape index (κ3) is 4.74. The number of β-amino-alcohol motifs (C(OH)–C–C–N with tert-alkyl or cyclic N) is 1. The van der Waals surface area contributed by atoms with Crippen molar-refractivity contribution in [2.75, 3.05) is 49.5 Å². The molecule has 34 heavy (non-hydrogen) atoms. The normalized spacial score (nSPS) is 20.5. The third-order valence-electron chi connectivity index (χ3n) is 7.35. The number of benzene rings is 2. The van der Waals surface area contributed by atoms with Gasteiger partial charge in [-0.25, -0.2) is 0 Å². The van der Waals surface area contributed by atoms with E-state index in [1.807, 2.05) is 18.2 Å². The highest BCUT2D eigenvalue weighted by molar-refractivity contribution is 6.35. The standard InChI is InChI=1S/C26H32Cl2N4O2/c1-16-5-8-23-25(24(16)29-17(2)21-7-6-20(27)12-22(21)28)34-26(30-23)32-14-19(15-32)18-4-3-9-31(13-18)10-11-33/h5-8,12,17-19,29,33H,3-4,9-11,13-15H2,1-2H3/t17-,18+/m1/s1. The summed E-state index contributed by atoms with van der Waals surface area (Å²) in [5.41, 5.74) is 4.66. The van der Waals surface area contributed by atoms with Crippen molar-refractivity contribution in [3.63, 3.8) is 0 Å². The van der Waals surface area contributed by atoms with Gasteiger partial charge in [-0.05, 0) is 74.4 Å². The number of rotatable bonds is 7. The van der Waals surface area contributed by atoms with Crippen LogP contribution < -0.4 is 10.2 Å². The van der Waals surface area contributed by atoms with E-state index in [-0.39, 0.29) is 12.6 Å². The van der Waals surface area contributed by atoms with Crippen molar-refractivity contribution in [1.82, 2.24) is 9.88 Å². The summed E-state index contributed by atoms with van der Waals surface area (Å²) in [4.78, 5) is 9.44. The molecule has 2 aliphatic rings. The third-order valence-corrected chi connectivity index (χ3v) is 7.91. The van der Waals surface area contributed by atoms with E-state index in [0.29, 0.717) is 27.9 Å². The van der Waals surface area contributed by atoms with E-state index >= 15 is 0 Å². The van der Waals surface area contributed by atoms with Crippen molar-refractivity contribution >= 4 is 46.0 Å². The van der Waals surface area contributed by atoms with Gasteiger partial charge in [0.1, 0.15) is 5.52 Å². The molecule has 2 N–H and O–H groups in total. The number of aromatic nitrogens is 1. The Balaban J connectivity index is 1.30. The fourth-order valence-corrected chi connectivity index (χ4v) is 5.90. The second-order valence-electron chi connectivity index (χ2n) is 9.73. The zero-order valence-electron chi connectivity index (χ0n) is 19.7. The molecule has 0 unspecified atom stereocenters. The summed E-state index contributed by atoms with van der Waals surface area (Å²) in [6.45, 7) is 9.32. The number of hydrogen-bond acceptors (Lipinski definition) is 6. The number of hydrogen-bond donors (Lipinski definition) is 2. The predicted molar refractivity (Wildman–Crippen MR) is 139 cm³/mol. The average Bonchev–Trinajstić information content (AvgIpc) is 3.19. The van der Waals surface area contributed by atoms with Crippen LogP contribution in [-0.2, 0) is 0 Å². The molecular formula is C26H32Cl2N4O2. The van der Waals surface area contributed by atoms with E-state index in [9.17, 15) is 5.11 Å². The molecule has 3 aromatic rings. The van der Waals surface area contributed by atoms with Crippen molar-refractivity contribution in [2.24, 2.45) is 11.8 Å². The van der Waals surface area contributed by atoms with Gasteiger partial charge in [0.2, 0.25) is 0 Å². The molecule has 2 saturated heterocycles. The molecule has 0 spiro atoms. The number of aliphatic hydroxyl groups excluding tert-OH is 1. The van der Waals surface area contributed by atoms with E-state index < -0.39 is 0 Å². The quantitative estimate of drug-likeness (QED) is 0.428. The molecule has 182 valence electrons. The minimum Gasteiger partial charge on any atom is -0.421 e. The number of nitrogens with zero attached hydrogens (tertiary/aromatic N) is 3. The zero-order chi connectivity index (χ0) is 23.8. The Morgan fingerprint density at radius 2 is 2.00 bits per heavy atom. The molecule has 8 heteroatoms. The first kappa shape index (κ1) is 23.7. The molecule has 0 aliphatic carbocycles. The topological polar surface area (TPSA) is 64.8 Å². The Kier molecular flexibility index (Phi) is 6.94. The van der Waals surface area contributed by atoms with E-state index in [4.69, 9.17) is 32.6 Å². The Bertz CT molecular complexity index is 1160. The van der Waals surface area contributed by atoms with Gasteiger partial charge in [0, 0.05) is 36.2 Å². The van der Waals surface area contributed by atoms with Gasteiger partial charge in [-0.15, -0.1) is 0 Å². The van der Waals surface area contributed by atoms with Gasteiger partial charge < -0.3 is 24.6 Å². The molecule has 2 fully saturated rings. The minimum atomic E-state index is -0.0239. The number of piperidine rings is 1. The number of aliphatic hydroxyl groups is 1. The summed E-state index contributed by atoms with van der Waals surface area (Å²) >= 11 is 12.5. The Morgan fingerprint density at radius 1 is 1.18 bits per heavy atom. The molecule has 2 aliphatic heterocycles. The molecule has 0 bridgehead atoms. The van der Waals surface area contributed by atoms with Crippen LogP contribution in [0.15, 0.2) is 34.7 Å². The average molecular weight is 503 g/mol. The SMILES string of the molecule is Cc1ccc2nc(N3CC([C@H]4CCCN(CCO)C4)C3)oc2c1N[C@H](C)c1ccc(Cl)cc1Cl. The van der Waals surface area contributed by atoms with Gasteiger partial charge in [-0.2, -0.15) is 4.98 Å². The summed E-state index contributed by atoms with van der Waals surface area (Å²) < 4.78 is 6.32. The van der Waals surface area contributed by atoms with Crippen LogP contribution >= 0.6 is 23.2 Å². The van der Waals surface area contributed by atoms with Crippen LogP contribution in [-0.4, -0.2) is 54.3 Å². The van der Waals surface area contributed by atoms with Crippen LogP contribution in [0.2, 0.25) is 10.0 Å². The van der Waals surface area contributed by atoms with Crippen molar-refractivity contribution in [3.05, 3.63) is 51.5 Å². The number of oxazole rings is 1. The molecule has 3 heterocycles. The summed E-state index contributed by atoms with van der Waals surface area (Å²) in [6, 6.07) is 10.3. The van der Waals surface area contributed by atoms with E-state index in [1.54, 1.807) is 6.07 Å². The lowest BCUT2D eigenvalue weighted by Crippen LogP contribution is -2.53. The van der Waals surface area contributed by atoms with Crippen molar-refractivity contribution in [3.8, 4) is 0 Å². The summed E-state index contributed by atoms with van der Waals surface area (Å²) in [5, 5.41) is 14.1. The molecule has 6 nitrogen and oxygen atoms in total. The molecule has 2 atom stereocenters. The number of halogens is 2. The molecule has 0 saturated carbocycles. The first-order chi connectivity index (χ1) is 16.4. The summed E-state index contributed by atoms with van der Waals surface area (Å²) in [5.74, 6) is 1.34. The largest absolute Gasteiger partial charge is 0.421 e. The highest BCUT2D eigenvalue weighted by atomic mass is 35.5. The number of anilines is 2. The smallest absolute Gasteiger partial charge is 0.298 e. The number of fused-ring (bicyclic) bond motifs is 1. The fraction of sp³-hybridized carbons (Fsp3) is 0.500. The fourth-order valence-electron chi connectivity index (χ4n) is 5.33.